The van der Waals surface area contributed by atoms with E-state index in [9.17, 15) is 4.79 Å². The third-order valence-corrected chi connectivity index (χ3v) is 2.87. The predicted molar refractivity (Wildman–Crippen MR) is 76.1 cm³/mol. The van der Waals surface area contributed by atoms with E-state index in [1.807, 2.05) is 26.8 Å². The monoisotopic (exact) mass is 320 g/mol. The van der Waals surface area contributed by atoms with E-state index in [1.165, 1.54) is 0 Å². The number of carbonyl (C=O) groups is 1. The number of alkyl halides is 1. The van der Waals surface area contributed by atoms with E-state index < -0.39 is 0 Å². The number of halogens is 2. The molecule has 0 spiro atoms. The van der Waals surface area contributed by atoms with Crippen LogP contribution in [0.5, 0.6) is 0 Å². The normalized spacial score (nSPS) is 9.29. The van der Waals surface area contributed by atoms with Crippen molar-refractivity contribution in [1.29, 1.82) is 0 Å². The van der Waals surface area contributed by atoms with Crippen molar-refractivity contribution in [3.8, 4) is 0 Å². The molecule has 1 aromatic rings. The number of esters is 1. The van der Waals surface area contributed by atoms with Crippen molar-refractivity contribution in [2.45, 2.75) is 33.0 Å². The van der Waals surface area contributed by atoms with Crippen LogP contribution < -0.4 is 0 Å². The Morgan fingerprint density at radius 2 is 2.00 bits per heavy atom. The standard InChI is InChI=1S/C11H12BrClO2.C2H6/c1-3-15-11(14)8-4-7(2)5-10(13)9(8)6-12;1-2/h4-5H,3,6H2,1-2H3;1-2H3. The summed E-state index contributed by atoms with van der Waals surface area (Å²) in [4.78, 5) is 11.6. The van der Waals surface area contributed by atoms with Crippen molar-refractivity contribution in [3.63, 3.8) is 0 Å². The van der Waals surface area contributed by atoms with E-state index in [0.29, 0.717) is 22.5 Å². The molecule has 0 aliphatic carbocycles. The van der Waals surface area contributed by atoms with Crippen LogP contribution in [0.3, 0.4) is 0 Å². The second kappa shape index (κ2) is 8.54. The van der Waals surface area contributed by atoms with Crippen LogP contribution in [0.2, 0.25) is 5.02 Å². The molecule has 0 unspecified atom stereocenters. The molecule has 0 aromatic heterocycles. The molecule has 0 amide bonds. The maximum atomic E-state index is 11.6. The van der Waals surface area contributed by atoms with Crippen molar-refractivity contribution in [1.82, 2.24) is 0 Å². The van der Waals surface area contributed by atoms with Gasteiger partial charge in [-0.05, 0) is 37.1 Å². The number of aryl methyl sites for hydroxylation is 1. The number of rotatable bonds is 3. The number of hydrogen-bond acceptors (Lipinski definition) is 2. The molecule has 0 atom stereocenters. The van der Waals surface area contributed by atoms with Gasteiger partial charge in [0, 0.05) is 10.4 Å². The molecule has 17 heavy (non-hydrogen) atoms. The van der Waals surface area contributed by atoms with Gasteiger partial charge in [0.05, 0.1) is 12.2 Å². The van der Waals surface area contributed by atoms with E-state index in [-0.39, 0.29) is 5.97 Å². The fourth-order valence-electron chi connectivity index (χ4n) is 1.30. The zero-order valence-electron chi connectivity index (χ0n) is 10.6. The van der Waals surface area contributed by atoms with Crippen LogP contribution in [0.1, 0.15) is 42.3 Å². The molecule has 4 heteroatoms. The zero-order chi connectivity index (χ0) is 13.4. The molecule has 96 valence electrons. The Balaban J connectivity index is 0.00000121. The molecule has 2 nitrogen and oxygen atoms in total. The van der Waals surface area contributed by atoms with Gasteiger partial charge < -0.3 is 4.74 Å². The third-order valence-electron chi connectivity index (χ3n) is 1.97. The second-order valence-electron chi connectivity index (χ2n) is 3.13. The first-order valence-corrected chi connectivity index (χ1v) is 7.12. The number of benzene rings is 1. The van der Waals surface area contributed by atoms with Crippen LogP contribution in [0.15, 0.2) is 12.1 Å². The van der Waals surface area contributed by atoms with E-state index in [4.69, 9.17) is 16.3 Å². The lowest BCUT2D eigenvalue weighted by molar-refractivity contribution is 0.0525. The van der Waals surface area contributed by atoms with Gasteiger partial charge in [-0.1, -0.05) is 41.4 Å². The quantitative estimate of drug-likeness (QED) is 0.593. The van der Waals surface area contributed by atoms with Gasteiger partial charge in [-0.3, -0.25) is 0 Å². The first kappa shape index (κ1) is 16.5. The topological polar surface area (TPSA) is 26.3 Å². The third kappa shape index (κ3) is 4.68. The Hall–Kier alpha value is -0.540. The van der Waals surface area contributed by atoms with Crippen molar-refractivity contribution in [2.75, 3.05) is 6.61 Å². The van der Waals surface area contributed by atoms with Gasteiger partial charge in [-0.15, -0.1) is 0 Å². The average molecular weight is 322 g/mol. The fraction of sp³-hybridized carbons (Fsp3) is 0.462. The maximum absolute atomic E-state index is 11.6. The number of carbonyl (C=O) groups excluding carboxylic acids is 1. The van der Waals surface area contributed by atoms with Crippen molar-refractivity contribution in [3.05, 3.63) is 33.8 Å². The molecule has 0 fully saturated rings. The van der Waals surface area contributed by atoms with Crippen LogP contribution >= 0.6 is 27.5 Å². The molecule has 0 heterocycles. The molecule has 1 aromatic carbocycles. The highest BCUT2D eigenvalue weighted by Gasteiger charge is 2.15. The summed E-state index contributed by atoms with van der Waals surface area (Å²) in [6, 6.07) is 3.63. The summed E-state index contributed by atoms with van der Waals surface area (Å²) in [7, 11) is 0. The predicted octanol–water partition coefficient (Wildman–Crippen LogP) is 4.75. The lowest BCUT2D eigenvalue weighted by Crippen LogP contribution is -2.08. The minimum atomic E-state index is -0.322. The van der Waals surface area contributed by atoms with E-state index >= 15 is 0 Å². The highest BCUT2D eigenvalue weighted by Crippen LogP contribution is 2.25. The number of hydrogen-bond donors (Lipinski definition) is 0. The van der Waals surface area contributed by atoms with Gasteiger partial charge in [-0.25, -0.2) is 4.79 Å². The first-order valence-electron chi connectivity index (χ1n) is 5.62. The van der Waals surface area contributed by atoms with Crippen LogP contribution in [0.4, 0.5) is 0 Å². The maximum Gasteiger partial charge on any atom is 0.338 e. The molecule has 0 radical (unpaired) electrons. The van der Waals surface area contributed by atoms with E-state index in [0.717, 1.165) is 11.1 Å². The van der Waals surface area contributed by atoms with Crippen LogP contribution in [-0.4, -0.2) is 12.6 Å². The minimum absolute atomic E-state index is 0.322. The molecular formula is C13H18BrClO2. The Morgan fingerprint density at radius 3 is 2.47 bits per heavy atom. The van der Waals surface area contributed by atoms with Crippen LogP contribution in [0, 0.1) is 6.92 Å². The Kier molecular flexibility index (Phi) is 8.26. The summed E-state index contributed by atoms with van der Waals surface area (Å²) in [5, 5.41) is 1.13. The SMILES string of the molecule is CC.CCOC(=O)c1cc(C)cc(Cl)c1CBr. The molecular weight excluding hydrogens is 303 g/mol. The number of ether oxygens (including phenoxy) is 1. The van der Waals surface area contributed by atoms with Crippen LogP contribution in [-0.2, 0) is 10.1 Å². The summed E-state index contributed by atoms with van der Waals surface area (Å²) in [6.45, 7) is 8.04. The summed E-state index contributed by atoms with van der Waals surface area (Å²) >= 11 is 9.35. The molecule has 0 aliphatic heterocycles. The second-order valence-corrected chi connectivity index (χ2v) is 4.09. The van der Waals surface area contributed by atoms with Gasteiger partial charge in [-0.2, -0.15) is 0 Å². The lowest BCUT2D eigenvalue weighted by Gasteiger charge is -2.09. The van der Waals surface area contributed by atoms with E-state index in [1.54, 1.807) is 13.0 Å². The van der Waals surface area contributed by atoms with Crippen molar-refractivity contribution in [2.24, 2.45) is 0 Å². The van der Waals surface area contributed by atoms with E-state index in [2.05, 4.69) is 15.9 Å². The Morgan fingerprint density at radius 1 is 1.41 bits per heavy atom. The Labute approximate surface area is 116 Å². The van der Waals surface area contributed by atoms with Gasteiger partial charge in [0.1, 0.15) is 0 Å². The zero-order valence-corrected chi connectivity index (χ0v) is 13.0. The largest absolute Gasteiger partial charge is 0.462 e. The first-order chi connectivity index (χ1) is 8.10. The minimum Gasteiger partial charge on any atom is -0.462 e. The van der Waals surface area contributed by atoms with Crippen molar-refractivity contribution >= 4 is 33.5 Å². The highest BCUT2D eigenvalue weighted by atomic mass is 79.9. The van der Waals surface area contributed by atoms with Gasteiger partial charge in [0.25, 0.3) is 0 Å². The summed E-state index contributed by atoms with van der Waals surface area (Å²) in [5.41, 5.74) is 2.27. The summed E-state index contributed by atoms with van der Waals surface area (Å²) in [5.74, 6) is -0.322. The van der Waals surface area contributed by atoms with Crippen molar-refractivity contribution < 1.29 is 9.53 Å². The average Bonchev–Trinajstić information content (AvgIpc) is 2.31. The summed E-state index contributed by atoms with van der Waals surface area (Å²) in [6.07, 6.45) is 0. The van der Waals surface area contributed by atoms with Gasteiger partial charge in [0.15, 0.2) is 0 Å². The Bertz CT molecular complexity index is 378. The molecule has 0 saturated carbocycles. The molecule has 0 bridgehead atoms. The highest BCUT2D eigenvalue weighted by molar-refractivity contribution is 9.08. The molecule has 0 aliphatic rings. The van der Waals surface area contributed by atoms with Gasteiger partial charge >= 0.3 is 5.97 Å². The molecule has 1 rings (SSSR count). The molecule has 0 N–H and O–H groups in total. The van der Waals surface area contributed by atoms with Crippen LogP contribution in [0.25, 0.3) is 0 Å². The molecule has 0 saturated heterocycles. The lowest BCUT2D eigenvalue weighted by atomic mass is 10.1. The fourth-order valence-corrected chi connectivity index (χ4v) is 2.41. The summed E-state index contributed by atoms with van der Waals surface area (Å²) < 4.78 is 4.96. The van der Waals surface area contributed by atoms with Gasteiger partial charge in [0.2, 0.25) is 0 Å². The smallest absolute Gasteiger partial charge is 0.338 e.